The van der Waals surface area contributed by atoms with Crippen molar-refractivity contribution in [2.24, 2.45) is 0 Å². The van der Waals surface area contributed by atoms with Crippen molar-refractivity contribution in [3.63, 3.8) is 0 Å². The van der Waals surface area contributed by atoms with Crippen LogP contribution in [0.4, 0.5) is 0 Å². The Hall–Kier alpha value is -1.28. The third kappa shape index (κ3) is 3.01. The van der Waals surface area contributed by atoms with Crippen molar-refractivity contribution in [3.8, 4) is 0 Å². The van der Waals surface area contributed by atoms with E-state index in [1.54, 1.807) is 0 Å². The highest BCUT2D eigenvalue weighted by molar-refractivity contribution is 6.31. The second-order valence-electron chi connectivity index (χ2n) is 6.17. The van der Waals surface area contributed by atoms with Crippen LogP contribution in [0.5, 0.6) is 0 Å². The van der Waals surface area contributed by atoms with Gasteiger partial charge in [-0.3, -0.25) is 4.79 Å². The zero-order chi connectivity index (χ0) is 14.2. The van der Waals surface area contributed by atoms with E-state index < -0.39 is 0 Å². The number of hydrogen-bond donors (Lipinski definition) is 1. The summed E-state index contributed by atoms with van der Waals surface area (Å²) in [4.78, 5) is 12.1. The zero-order valence-electron chi connectivity index (χ0n) is 11.7. The van der Waals surface area contributed by atoms with E-state index in [4.69, 9.17) is 11.6 Å². The molecule has 1 aliphatic rings. The number of piperidine rings is 1. The fraction of sp³-hybridized carbons (Fsp3) is 0.438. The van der Waals surface area contributed by atoms with Crippen LogP contribution >= 0.6 is 11.6 Å². The fourth-order valence-electron chi connectivity index (χ4n) is 2.35. The van der Waals surface area contributed by atoms with Crippen LogP contribution in [0.3, 0.4) is 0 Å². The van der Waals surface area contributed by atoms with E-state index in [0.29, 0.717) is 5.02 Å². The molecule has 3 heteroatoms. The predicted octanol–water partition coefficient (Wildman–Crippen LogP) is 4.14. The molecule has 1 amide bonds. The molecular weight excluding hydrogens is 258 g/mol. The Bertz CT molecular complexity index is 528. The van der Waals surface area contributed by atoms with Crippen molar-refractivity contribution in [1.82, 2.24) is 5.32 Å². The minimum atomic E-state index is -0.166. The van der Waals surface area contributed by atoms with Crippen LogP contribution in [0.15, 0.2) is 30.5 Å². The van der Waals surface area contributed by atoms with Crippen LogP contribution in [0.1, 0.15) is 50.7 Å². The Morgan fingerprint density at radius 3 is 2.63 bits per heavy atom. The Balaban J connectivity index is 2.39. The number of allylic oxidation sites excluding steroid dienone is 1. The molecule has 0 aliphatic carbocycles. The minimum Gasteiger partial charge on any atom is -0.330 e. The molecule has 19 heavy (non-hydrogen) atoms. The van der Waals surface area contributed by atoms with Gasteiger partial charge in [0.1, 0.15) is 0 Å². The molecule has 1 atom stereocenters. The van der Waals surface area contributed by atoms with Crippen molar-refractivity contribution < 1.29 is 4.79 Å². The molecule has 0 aromatic heterocycles. The summed E-state index contributed by atoms with van der Waals surface area (Å²) < 4.78 is 0. The molecule has 1 N–H and O–H groups in total. The van der Waals surface area contributed by atoms with E-state index in [1.807, 2.05) is 12.1 Å². The lowest BCUT2D eigenvalue weighted by Crippen LogP contribution is -2.33. The summed E-state index contributed by atoms with van der Waals surface area (Å²) in [6.07, 6.45) is 1.59. The highest BCUT2D eigenvalue weighted by Crippen LogP contribution is 2.35. The van der Waals surface area contributed by atoms with Crippen LogP contribution in [-0.4, -0.2) is 5.91 Å². The number of amides is 1. The summed E-state index contributed by atoms with van der Waals surface area (Å²) in [6.45, 7) is 10.3. The van der Waals surface area contributed by atoms with Gasteiger partial charge in [0.05, 0.1) is 5.92 Å². The first kappa shape index (κ1) is 14.1. The molecule has 2 nitrogen and oxygen atoms in total. The van der Waals surface area contributed by atoms with Gasteiger partial charge in [0.25, 0.3) is 0 Å². The third-order valence-electron chi connectivity index (χ3n) is 3.59. The van der Waals surface area contributed by atoms with Crippen molar-refractivity contribution in [2.45, 2.75) is 44.9 Å². The molecule has 0 saturated carbocycles. The number of halogens is 1. The number of benzene rings is 1. The summed E-state index contributed by atoms with van der Waals surface area (Å²) in [5.41, 5.74) is 2.97. The highest BCUT2D eigenvalue weighted by atomic mass is 35.5. The second-order valence-corrected chi connectivity index (χ2v) is 6.58. The number of carbonyl (C=O) groups is 1. The van der Waals surface area contributed by atoms with Crippen molar-refractivity contribution in [2.75, 3.05) is 0 Å². The van der Waals surface area contributed by atoms with E-state index in [9.17, 15) is 4.79 Å². The lowest BCUT2D eigenvalue weighted by molar-refractivity contribution is -0.122. The molecule has 0 radical (unpaired) electrons. The highest BCUT2D eigenvalue weighted by Gasteiger charge is 2.28. The summed E-state index contributed by atoms with van der Waals surface area (Å²) in [6, 6.07) is 6.00. The molecule has 1 heterocycles. The van der Waals surface area contributed by atoms with Gasteiger partial charge in [-0.15, -0.1) is 0 Å². The molecule has 1 aromatic rings. The lowest BCUT2D eigenvalue weighted by Gasteiger charge is -2.27. The van der Waals surface area contributed by atoms with Crippen LogP contribution in [0, 0.1) is 0 Å². The van der Waals surface area contributed by atoms with E-state index in [-0.39, 0.29) is 17.2 Å². The SMILES string of the molecule is C=C1CCC(c2cc(C(C)(C)C)ccc2Cl)C(=O)N1. The summed E-state index contributed by atoms with van der Waals surface area (Å²) in [5.74, 6) is -0.162. The first-order valence-electron chi connectivity index (χ1n) is 6.57. The molecule has 2 rings (SSSR count). The Kier molecular flexibility index (Phi) is 3.73. The average molecular weight is 278 g/mol. The van der Waals surface area contributed by atoms with Gasteiger partial charge < -0.3 is 5.32 Å². The number of carbonyl (C=O) groups excluding carboxylic acids is 1. The van der Waals surface area contributed by atoms with E-state index in [2.05, 4.69) is 38.7 Å². The van der Waals surface area contributed by atoms with Gasteiger partial charge in [0, 0.05) is 10.7 Å². The summed E-state index contributed by atoms with van der Waals surface area (Å²) in [5, 5.41) is 3.49. The van der Waals surface area contributed by atoms with Crippen LogP contribution in [-0.2, 0) is 10.2 Å². The maximum absolute atomic E-state index is 12.1. The minimum absolute atomic E-state index is 0.00390. The maximum Gasteiger partial charge on any atom is 0.231 e. The molecule has 1 saturated heterocycles. The first-order valence-corrected chi connectivity index (χ1v) is 6.95. The molecular formula is C16H20ClNO. The summed E-state index contributed by atoms with van der Waals surface area (Å²) in [7, 11) is 0. The molecule has 0 bridgehead atoms. The van der Waals surface area contributed by atoms with E-state index in [1.165, 1.54) is 5.56 Å². The van der Waals surface area contributed by atoms with Crippen molar-refractivity contribution in [1.29, 1.82) is 0 Å². The Labute approximate surface area is 119 Å². The van der Waals surface area contributed by atoms with Gasteiger partial charge in [0.15, 0.2) is 0 Å². The number of hydrogen-bond acceptors (Lipinski definition) is 1. The normalized spacial score (nSPS) is 20.3. The van der Waals surface area contributed by atoms with E-state index in [0.717, 1.165) is 24.1 Å². The molecule has 1 unspecified atom stereocenters. The topological polar surface area (TPSA) is 29.1 Å². The maximum atomic E-state index is 12.1. The number of rotatable bonds is 1. The van der Waals surface area contributed by atoms with Crippen LogP contribution < -0.4 is 5.32 Å². The van der Waals surface area contributed by atoms with Crippen LogP contribution in [0.25, 0.3) is 0 Å². The zero-order valence-corrected chi connectivity index (χ0v) is 12.5. The van der Waals surface area contributed by atoms with Gasteiger partial charge in [-0.05, 0) is 35.4 Å². The molecule has 102 valence electrons. The largest absolute Gasteiger partial charge is 0.330 e. The fourth-order valence-corrected chi connectivity index (χ4v) is 2.60. The third-order valence-corrected chi connectivity index (χ3v) is 3.93. The van der Waals surface area contributed by atoms with Crippen molar-refractivity contribution >= 4 is 17.5 Å². The molecule has 1 aliphatic heterocycles. The van der Waals surface area contributed by atoms with Crippen LogP contribution in [0.2, 0.25) is 5.02 Å². The number of nitrogens with one attached hydrogen (secondary N) is 1. The lowest BCUT2D eigenvalue weighted by atomic mass is 9.82. The van der Waals surface area contributed by atoms with Gasteiger partial charge in [-0.2, -0.15) is 0 Å². The van der Waals surface area contributed by atoms with Crippen molar-refractivity contribution in [3.05, 3.63) is 46.6 Å². The molecule has 1 fully saturated rings. The van der Waals surface area contributed by atoms with Gasteiger partial charge >= 0.3 is 0 Å². The van der Waals surface area contributed by atoms with E-state index >= 15 is 0 Å². The Morgan fingerprint density at radius 2 is 2.05 bits per heavy atom. The average Bonchev–Trinajstić information content (AvgIpc) is 2.29. The van der Waals surface area contributed by atoms with Gasteiger partial charge in [-0.25, -0.2) is 0 Å². The standard InChI is InChI=1S/C16H20ClNO/c1-10-5-7-12(15(19)18-10)13-9-11(16(2,3)4)6-8-14(13)17/h6,8-9,12H,1,5,7H2,2-4H3,(H,18,19). The second kappa shape index (κ2) is 5.01. The summed E-state index contributed by atoms with van der Waals surface area (Å²) >= 11 is 6.28. The van der Waals surface area contributed by atoms with Gasteiger partial charge in [0.2, 0.25) is 5.91 Å². The predicted molar refractivity (Wildman–Crippen MR) is 79.4 cm³/mol. The quantitative estimate of drug-likeness (QED) is 0.821. The van der Waals surface area contributed by atoms with Gasteiger partial charge in [-0.1, -0.05) is 51.1 Å². The smallest absolute Gasteiger partial charge is 0.231 e. The first-order chi connectivity index (χ1) is 8.79. The molecule has 1 aromatic carbocycles. The molecule has 0 spiro atoms. The Morgan fingerprint density at radius 1 is 1.37 bits per heavy atom. The monoisotopic (exact) mass is 277 g/mol.